The number of carbonyl (C=O) groups is 1. The molecule has 1 heterocycles. The van der Waals surface area contributed by atoms with Gasteiger partial charge in [0.1, 0.15) is 11.4 Å². The van der Waals surface area contributed by atoms with Gasteiger partial charge in [0.25, 0.3) is 0 Å². The molecular formula is C32H26F3N3O5. The normalized spacial score (nSPS) is 12.2. The predicted molar refractivity (Wildman–Crippen MR) is 155 cm³/mol. The molecule has 4 aromatic carbocycles. The van der Waals surface area contributed by atoms with Crippen molar-refractivity contribution in [1.29, 1.82) is 0 Å². The standard InChI is InChI=1S/C32H26F3N3O5/c1-31(2,3)19-10-13-21(14-11-19)38-26-17-20(32(33,34)35)12-15-24(26)27(29(38)40)37-36-25-9-5-8-23(28(25)39)18-6-4-7-22(16-18)43-30(41)42/h4-17,39-40H,1-3H3,(H,41,42). The smallest absolute Gasteiger partial charge is 0.505 e. The van der Waals surface area contributed by atoms with Crippen molar-refractivity contribution in [3.8, 4) is 34.2 Å². The van der Waals surface area contributed by atoms with Crippen LogP contribution < -0.4 is 4.74 Å². The Labute approximate surface area is 243 Å². The van der Waals surface area contributed by atoms with Crippen molar-refractivity contribution >= 4 is 28.4 Å². The van der Waals surface area contributed by atoms with E-state index in [-0.39, 0.29) is 39.2 Å². The molecule has 220 valence electrons. The van der Waals surface area contributed by atoms with Crippen LogP contribution in [0.4, 0.5) is 29.3 Å². The number of hydrogen-bond donors (Lipinski definition) is 3. The van der Waals surface area contributed by atoms with Gasteiger partial charge in [-0.15, -0.1) is 10.2 Å². The lowest BCUT2D eigenvalue weighted by molar-refractivity contribution is -0.137. The minimum Gasteiger partial charge on any atom is -0.505 e. The molecule has 1 aromatic heterocycles. The Kier molecular flexibility index (Phi) is 7.35. The summed E-state index contributed by atoms with van der Waals surface area (Å²) in [4.78, 5) is 10.9. The van der Waals surface area contributed by atoms with Gasteiger partial charge in [0.2, 0.25) is 5.88 Å². The maximum atomic E-state index is 13.6. The van der Waals surface area contributed by atoms with Gasteiger partial charge in [0, 0.05) is 16.6 Å². The summed E-state index contributed by atoms with van der Waals surface area (Å²) in [6.07, 6.45) is -6.11. The lowest BCUT2D eigenvalue weighted by Crippen LogP contribution is -2.10. The highest BCUT2D eigenvalue weighted by Crippen LogP contribution is 2.45. The number of aromatic hydroxyl groups is 2. The zero-order valence-corrected chi connectivity index (χ0v) is 23.2. The van der Waals surface area contributed by atoms with E-state index in [1.54, 1.807) is 36.4 Å². The molecule has 5 aromatic rings. The zero-order chi connectivity index (χ0) is 31.1. The molecule has 0 aliphatic heterocycles. The molecule has 0 amide bonds. The summed E-state index contributed by atoms with van der Waals surface area (Å²) in [5, 5.41) is 39.6. The highest BCUT2D eigenvalue weighted by atomic mass is 19.4. The van der Waals surface area contributed by atoms with Crippen LogP contribution >= 0.6 is 0 Å². The Morgan fingerprint density at radius 3 is 2.16 bits per heavy atom. The van der Waals surface area contributed by atoms with Crippen LogP contribution in [0, 0.1) is 0 Å². The topological polar surface area (TPSA) is 117 Å². The number of para-hydroxylation sites is 1. The number of halogens is 3. The molecular weight excluding hydrogens is 563 g/mol. The van der Waals surface area contributed by atoms with Crippen molar-refractivity contribution < 1.29 is 38.0 Å². The molecule has 0 saturated carbocycles. The van der Waals surface area contributed by atoms with Gasteiger partial charge in [-0.3, -0.25) is 4.57 Å². The fraction of sp³-hybridized carbons (Fsp3) is 0.156. The number of azo groups is 1. The van der Waals surface area contributed by atoms with E-state index in [1.165, 1.54) is 28.8 Å². The van der Waals surface area contributed by atoms with Crippen LogP contribution in [0.25, 0.3) is 27.7 Å². The maximum Gasteiger partial charge on any atom is 0.511 e. The zero-order valence-electron chi connectivity index (χ0n) is 23.2. The number of carboxylic acid groups (broad SMARTS) is 1. The number of hydrogen-bond acceptors (Lipinski definition) is 6. The second kappa shape index (κ2) is 10.8. The molecule has 43 heavy (non-hydrogen) atoms. The molecule has 3 N–H and O–H groups in total. The van der Waals surface area contributed by atoms with Crippen molar-refractivity contribution in [2.75, 3.05) is 0 Å². The van der Waals surface area contributed by atoms with Crippen molar-refractivity contribution in [2.45, 2.75) is 32.4 Å². The molecule has 0 aliphatic carbocycles. The average Bonchev–Trinajstić information content (AvgIpc) is 3.21. The molecule has 11 heteroatoms. The van der Waals surface area contributed by atoms with Gasteiger partial charge >= 0.3 is 12.3 Å². The molecule has 0 radical (unpaired) electrons. The minimum absolute atomic E-state index is 0.00352. The van der Waals surface area contributed by atoms with Crippen molar-refractivity contribution in [2.24, 2.45) is 10.2 Å². The first-order chi connectivity index (χ1) is 20.2. The van der Waals surface area contributed by atoms with E-state index in [0.29, 0.717) is 16.8 Å². The van der Waals surface area contributed by atoms with Gasteiger partial charge in [0.05, 0.1) is 11.1 Å². The summed E-state index contributed by atoms with van der Waals surface area (Å²) in [6, 6.07) is 20.8. The van der Waals surface area contributed by atoms with Gasteiger partial charge in [0.15, 0.2) is 11.4 Å². The number of alkyl halides is 3. The third-order valence-corrected chi connectivity index (χ3v) is 6.86. The molecule has 0 spiro atoms. The first kappa shape index (κ1) is 29.2. The second-order valence-corrected chi connectivity index (χ2v) is 10.8. The van der Waals surface area contributed by atoms with Crippen molar-refractivity contribution in [3.05, 3.63) is 96.1 Å². The summed E-state index contributed by atoms with van der Waals surface area (Å²) in [7, 11) is 0. The number of nitrogens with zero attached hydrogens (tertiary/aromatic N) is 3. The predicted octanol–water partition coefficient (Wildman–Crippen LogP) is 9.50. The molecule has 0 fully saturated rings. The highest BCUT2D eigenvalue weighted by molar-refractivity contribution is 5.97. The lowest BCUT2D eigenvalue weighted by atomic mass is 9.87. The molecule has 0 aliphatic rings. The number of ether oxygens (including phenoxy) is 1. The quantitative estimate of drug-likeness (QED) is 0.107. The van der Waals surface area contributed by atoms with E-state index in [2.05, 4.69) is 15.0 Å². The number of fused-ring (bicyclic) bond motifs is 1. The second-order valence-electron chi connectivity index (χ2n) is 10.8. The Bertz CT molecular complexity index is 1870. The average molecular weight is 590 g/mol. The number of benzene rings is 4. The van der Waals surface area contributed by atoms with Crippen LogP contribution in [0.5, 0.6) is 17.4 Å². The fourth-order valence-electron chi connectivity index (χ4n) is 4.68. The SMILES string of the molecule is CC(C)(C)c1ccc(-n2c(O)c(N=Nc3cccc(-c4cccc(OC(=O)O)c4)c3O)c3ccc(C(F)(F)F)cc32)cc1. The van der Waals surface area contributed by atoms with Gasteiger partial charge < -0.3 is 20.1 Å². The maximum absolute atomic E-state index is 13.6. The molecule has 0 saturated heterocycles. The lowest BCUT2D eigenvalue weighted by Gasteiger charge is -2.19. The summed E-state index contributed by atoms with van der Waals surface area (Å²) in [6.45, 7) is 6.09. The third kappa shape index (κ3) is 5.87. The number of rotatable bonds is 5. The fourth-order valence-corrected chi connectivity index (χ4v) is 4.68. The number of aromatic nitrogens is 1. The molecule has 0 unspecified atom stereocenters. The number of phenols is 1. The number of phenolic OH excluding ortho intramolecular Hbond substituents is 1. The van der Waals surface area contributed by atoms with Gasteiger partial charge in [-0.25, -0.2) is 4.79 Å². The van der Waals surface area contributed by atoms with Crippen LogP contribution in [-0.4, -0.2) is 26.0 Å². The van der Waals surface area contributed by atoms with Crippen LogP contribution in [0.2, 0.25) is 0 Å². The monoisotopic (exact) mass is 589 g/mol. The Morgan fingerprint density at radius 1 is 0.837 bits per heavy atom. The van der Waals surface area contributed by atoms with E-state index < -0.39 is 23.8 Å². The van der Waals surface area contributed by atoms with Gasteiger partial charge in [-0.05, 0) is 65.1 Å². The third-order valence-electron chi connectivity index (χ3n) is 6.86. The molecule has 0 bridgehead atoms. The van der Waals surface area contributed by atoms with Crippen molar-refractivity contribution in [1.82, 2.24) is 4.57 Å². The van der Waals surface area contributed by atoms with Crippen molar-refractivity contribution in [3.63, 3.8) is 0 Å². The van der Waals surface area contributed by atoms with E-state index in [1.807, 2.05) is 32.9 Å². The Balaban J connectivity index is 1.61. The van der Waals surface area contributed by atoms with E-state index in [0.717, 1.165) is 17.7 Å². The first-order valence-corrected chi connectivity index (χ1v) is 13.0. The minimum atomic E-state index is -4.62. The van der Waals surface area contributed by atoms with Crippen LogP contribution in [0.3, 0.4) is 0 Å². The van der Waals surface area contributed by atoms with E-state index in [9.17, 15) is 28.2 Å². The van der Waals surface area contributed by atoms with Gasteiger partial charge in [-0.1, -0.05) is 57.2 Å². The first-order valence-electron chi connectivity index (χ1n) is 13.0. The van der Waals surface area contributed by atoms with E-state index >= 15 is 0 Å². The van der Waals surface area contributed by atoms with Crippen LogP contribution in [0.15, 0.2) is 95.2 Å². The van der Waals surface area contributed by atoms with Crippen LogP contribution in [-0.2, 0) is 11.6 Å². The largest absolute Gasteiger partial charge is 0.511 e. The van der Waals surface area contributed by atoms with Gasteiger partial charge in [-0.2, -0.15) is 13.2 Å². The Hall–Kier alpha value is -5.32. The summed E-state index contributed by atoms with van der Waals surface area (Å²) in [5.74, 6) is -0.683. The summed E-state index contributed by atoms with van der Waals surface area (Å²) >= 11 is 0. The molecule has 0 atom stereocenters. The molecule has 5 rings (SSSR count). The summed E-state index contributed by atoms with van der Waals surface area (Å²) in [5.41, 5.74) is 1.07. The van der Waals surface area contributed by atoms with E-state index in [4.69, 9.17) is 5.11 Å². The molecule has 8 nitrogen and oxygen atoms in total. The Morgan fingerprint density at radius 2 is 1.51 bits per heavy atom. The summed E-state index contributed by atoms with van der Waals surface area (Å²) < 4.78 is 46.9. The highest BCUT2D eigenvalue weighted by Gasteiger charge is 2.32. The van der Waals surface area contributed by atoms with Crippen LogP contribution in [0.1, 0.15) is 31.9 Å².